The van der Waals surface area contributed by atoms with Crippen molar-refractivity contribution in [2.45, 2.75) is 0 Å². The second kappa shape index (κ2) is 5.33. The molecule has 13 heavy (non-hydrogen) atoms. The number of carbonyl (C=O) groups is 1. The smallest absolute Gasteiger partial charge is 0.251 e. The molecule has 0 spiro atoms. The van der Waals surface area contributed by atoms with Gasteiger partial charge in [-0.3, -0.25) is 4.79 Å². The van der Waals surface area contributed by atoms with Gasteiger partial charge in [-0.2, -0.15) is 12.6 Å². The Labute approximate surface area is 96.2 Å². The highest BCUT2D eigenvalue weighted by atomic mass is 127. The predicted octanol–water partition coefficient (Wildman–Crippen LogP) is 2.07. The van der Waals surface area contributed by atoms with Crippen molar-refractivity contribution >= 4 is 47.1 Å². The lowest BCUT2D eigenvalue weighted by Crippen LogP contribution is -2.21. The number of thiol groups is 1. The summed E-state index contributed by atoms with van der Waals surface area (Å²) in [4.78, 5) is 11.3. The van der Waals surface area contributed by atoms with Crippen LogP contribution in [0.15, 0.2) is 24.3 Å². The van der Waals surface area contributed by atoms with E-state index in [0.29, 0.717) is 11.4 Å². The van der Waals surface area contributed by atoms with Gasteiger partial charge in [0.2, 0.25) is 0 Å². The van der Waals surface area contributed by atoms with Gasteiger partial charge < -0.3 is 8.85 Å². The normalized spacial score (nSPS) is 9.38. The second-order valence-corrected chi connectivity index (χ2v) is 3.19. The van der Waals surface area contributed by atoms with Crippen molar-refractivity contribution in [2.24, 2.45) is 0 Å². The van der Waals surface area contributed by atoms with Crippen molar-refractivity contribution in [3.05, 3.63) is 29.8 Å². The van der Waals surface area contributed by atoms with Gasteiger partial charge in [-0.05, 0) is 24.3 Å². The molecule has 70 valence electrons. The monoisotopic (exact) mass is 308 g/mol. The van der Waals surface area contributed by atoms with Crippen LogP contribution in [-0.4, -0.2) is 11.8 Å². The molecule has 1 aromatic rings. The number of carbonyl (C=O) groups excluding carboxylic acids is 1. The predicted molar refractivity (Wildman–Crippen MR) is 65.4 cm³/mol. The topological polar surface area (TPSA) is 41.1 Å². The maximum Gasteiger partial charge on any atom is 0.251 e. The van der Waals surface area contributed by atoms with Crippen molar-refractivity contribution in [1.82, 2.24) is 5.32 Å². The standard InChI is InChI=1S/C8H9IN2OS/c9-11-7-3-1-6(2-4-7)8(12)10-5-13/h1-4,11,13H,5H2,(H,10,12). The van der Waals surface area contributed by atoms with Crippen LogP contribution in [0.1, 0.15) is 10.4 Å². The average molecular weight is 308 g/mol. The van der Waals surface area contributed by atoms with E-state index < -0.39 is 0 Å². The molecule has 0 unspecified atom stereocenters. The van der Waals surface area contributed by atoms with E-state index in [9.17, 15) is 4.79 Å². The summed E-state index contributed by atoms with van der Waals surface area (Å²) in [5.41, 5.74) is 1.62. The number of nitrogens with one attached hydrogen (secondary N) is 2. The van der Waals surface area contributed by atoms with Crippen molar-refractivity contribution in [3.8, 4) is 0 Å². The van der Waals surface area contributed by atoms with E-state index in [1.54, 1.807) is 12.1 Å². The van der Waals surface area contributed by atoms with E-state index in [1.165, 1.54) is 0 Å². The van der Waals surface area contributed by atoms with Gasteiger partial charge in [-0.25, -0.2) is 0 Å². The molecular formula is C8H9IN2OS. The van der Waals surface area contributed by atoms with Crippen molar-refractivity contribution in [2.75, 3.05) is 9.41 Å². The number of amides is 1. The quantitative estimate of drug-likeness (QED) is 0.346. The molecule has 0 radical (unpaired) electrons. The SMILES string of the molecule is O=C(NCS)c1ccc(NI)cc1. The summed E-state index contributed by atoms with van der Waals surface area (Å²) in [6, 6.07) is 7.22. The van der Waals surface area contributed by atoms with E-state index in [1.807, 2.05) is 35.0 Å². The van der Waals surface area contributed by atoms with E-state index in [2.05, 4.69) is 21.5 Å². The summed E-state index contributed by atoms with van der Waals surface area (Å²) in [5.74, 6) is 0.250. The van der Waals surface area contributed by atoms with Crippen LogP contribution < -0.4 is 8.85 Å². The zero-order valence-corrected chi connectivity index (χ0v) is 9.80. The molecule has 3 nitrogen and oxygen atoms in total. The molecule has 1 rings (SSSR count). The van der Waals surface area contributed by atoms with Crippen LogP contribution in [0.25, 0.3) is 0 Å². The lowest BCUT2D eigenvalue weighted by Gasteiger charge is -2.02. The average Bonchev–Trinajstić information content (AvgIpc) is 2.18. The van der Waals surface area contributed by atoms with Gasteiger partial charge in [0.1, 0.15) is 0 Å². The maximum atomic E-state index is 11.3. The molecule has 1 aromatic carbocycles. The molecule has 0 saturated carbocycles. The first-order chi connectivity index (χ1) is 6.27. The Morgan fingerprint density at radius 2 is 2.00 bits per heavy atom. The minimum atomic E-state index is -0.102. The van der Waals surface area contributed by atoms with Crippen molar-refractivity contribution in [3.63, 3.8) is 0 Å². The lowest BCUT2D eigenvalue weighted by molar-refractivity contribution is 0.0961. The van der Waals surface area contributed by atoms with Gasteiger partial charge in [0, 0.05) is 11.3 Å². The molecule has 0 aromatic heterocycles. The summed E-state index contributed by atoms with van der Waals surface area (Å²) >= 11 is 5.94. The van der Waals surface area contributed by atoms with E-state index in [0.717, 1.165) is 5.69 Å². The van der Waals surface area contributed by atoms with Gasteiger partial charge in [-0.15, -0.1) is 0 Å². The molecule has 0 bridgehead atoms. The van der Waals surface area contributed by atoms with Crippen LogP contribution in [0.3, 0.4) is 0 Å². The number of hydrogen-bond donors (Lipinski definition) is 3. The molecule has 0 aliphatic carbocycles. The van der Waals surface area contributed by atoms with Crippen LogP contribution >= 0.6 is 35.5 Å². The van der Waals surface area contributed by atoms with Gasteiger partial charge in [-0.1, -0.05) is 0 Å². The molecule has 0 atom stereocenters. The molecule has 0 fully saturated rings. The zero-order valence-electron chi connectivity index (χ0n) is 6.75. The first-order valence-corrected chi connectivity index (χ1v) is 5.35. The Morgan fingerprint density at radius 3 is 2.46 bits per heavy atom. The fraction of sp³-hybridized carbons (Fsp3) is 0.125. The van der Waals surface area contributed by atoms with Gasteiger partial charge in [0.15, 0.2) is 0 Å². The Morgan fingerprint density at radius 1 is 1.38 bits per heavy atom. The molecule has 2 N–H and O–H groups in total. The third-order valence-electron chi connectivity index (χ3n) is 1.50. The Kier molecular flexibility index (Phi) is 4.37. The minimum absolute atomic E-state index is 0.102. The summed E-state index contributed by atoms with van der Waals surface area (Å²) in [6.45, 7) is 0. The molecular weight excluding hydrogens is 299 g/mol. The molecule has 0 saturated heterocycles. The van der Waals surface area contributed by atoms with Crippen LogP contribution in [0, 0.1) is 0 Å². The van der Waals surface area contributed by atoms with Gasteiger partial charge in [0.05, 0.1) is 28.7 Å². The fourth-order valence-electron chi connectivity index (χ4n) is 0.858. The highest BCUT2D eigenvalue weighted by molar-refractivity contribution is 14.1. The van der Waals surface area contributed by atoms with Crippen molar-refractivity contribution in [1.29, 1.82) is 0 Å². The van der Waals surface area contributed by atoms with Crippen LogP contribution in [-0.2, 0) is 0 Å². The Bertz CT molecular complexity index is 289. The summed E-state index contributed by atoms with van der Waals surface area (Å²) in [7, 11) is 0. The largest absolute Gasteiger partial charge is 0.343 e. The highest BCUT2D eigenvalue weighted by Crippen LogP contribution is 2.10. The van der Waals surface area contributed by atoms with Crippen LogP contribution in [0.5, 0.6) is 0 Å². The minimum Gasteiger partial charge on any atom is -0.343 e. The molecule has 0 aliphatic rings. The summed E-state index contributed by atoms with van der Waals surface area (Å²) < 4.78 is 2.95. The number of rotatable bonds is 3. The van der Waals surface area contributed by atoms with Crippen LogP contribution in [0.2, 0.25) is 0 Å². The van der Waals surface area contributed by atoms with Gasteiger partial charge in [0.25, 0.3) is 5.91 Å². The molecule has 1 amide bonds. The lowest BCUT2D eigenvalue weighted by atomic mass is 10.2. The van der Waals surface area contributed by atoms with Crippen LogP contribution in [0.4, 0.5) is 5.69 Å². The third kappa shape index (κ3) is 3.07. The van der Waals surface area contributed by atoms with E-state index in [4.69, 9.17) is 0 Å². The fourth-order valence-corrected chi connectivity index (χ4v) is 1.36. The van der Waals surface area contributed by atoms with Gasteiger partial charge >= 0.3 is 0 Å². The number of hydrogen-bond acceptors (Lipinski definition) is 3. The number of benzene rings is 1. The highest BCUT2D eigenvalue weighted by Gasteiger charge is 2.02. The van der Waals surface area contributed by atoms with E-state index in [-0.39, 0.29) is 5.91 Å². The third-order valence-corrected chi connectivity index (χ3v) is 2.28. The molecule has 5 heteroatoms. The summed E-state index contributed by atoms with van der Waals surface area (Å²) in [6.07, 6.45) is 0. The maximum absolute atomic E-state index is 11.3. The summed E-state index contributed by atoms with van der Waals surface area (Å²) in [5, 5.41) is 2.60. The first kappa shape index (κ1) is 10.6. The molecule has 0 heterocycles. The molecule has 0 aliphatic heterocycles. The van der Waals surface area contributed by atoms with E-state index >= 15 is 0 Å². The second-order valence-electron chi connectivity index (χ2n) is 2.34. The zero-order chi connectivity index (χ0) is 9.68. The first-order valence-electron chi connectivity index (χ1n) is 3.63. The Balaban J connectivity index is 2.74. The number of anilines is 1. The Hall–Kier alpha value is -0.430. The van der Waals surface area contributed by atoms with Crippen molar-refractivity contribution < 1.29 is 4.79 Å². The number of halogens is 1.